The molecule has 31 heavy (non-hydrogen) atoms. The van der Waals surface area contributed by atoms with Gasteiger partial charge in [-0.2, -0.15) is 5.01 Å². The zero-order valence-electron chi connectivity index (χ0n) is 16.3. The largest absolute Gasteiger partial charge is 0.292 e. The molecule has 0 spiro atoms. The van der Waals surface area contributed by atoms with Crippen molar-refractivity contribution in [3.05, 3.63) is 81.9 Å². The van der Waals surface area contributed by atoms with Crippen LogP contribution in [0, 0.1) is 11.8 Å². The van der Waals surface area contributed by atoms with Crippen LogP contribution in [0.1, 0.15) is 33.6 Å². The third kappa shape index (κ3) is 4.01. The first-order chi connectivity index (χ1) is 14.9. The van der Waals surface area contributed by atoms with E-state index in [2.05, 4.69) is 0 Å². The molecule has 0 bridgehead atoms. The van der Waals surface area contributed by atoms with E-state index in [4.69, 9.17) is 23.2 Å². The number of amides is 3. The summed E-state index contributed by atoms with van der Waals surface area (Å²) >= 11 is 12.0. The number of Topliss-reactive ketones (excluding diaryl/α,β-unsaturated/α-hetero) is 1. The number of hydrogen-bond donors (Lipinski definition) is 0. The molecule has 0 aromatic heterocycles. The molecule has 0 N–H and O–H groups in total. The average molecular weight is 457 g/mol. The maximum absolute atomic E-state index is 13.4. The Balaban J connectivity index is 1.71. The predicted molar refractivity (Wildman–Crippen MR) is 115 cm³/mol. The normalized spacial score (nSPS) is 20.0. The zero-order valence-corrected chi connectivity index (χ0v) is 17.8. The Kier molecular flexibility index (Phi) is 5.94. The number of hydrogen-bond acceptors (Lipinski definition) is 4. The predicted octanol–water partition coefficient (Wildman–Crippen LogP) is 4.18. The van der Waals surface area contributed by atoms with Crippen molar-refractivity contribution in [1.82, 2.24) is 10.0 Å². The summed E-state index contributed by atoms with van der Waals surface area (Å²) in [6, 6.07) is 12.6. The second-order valence-electron chi connectivity index (χ2n) is 7.42. The molecular formula is C23H18Cl2N2O4. The van der Waals surface area contributed by atoms with Crippen molar-refractivity contribution in [2.75, 3.05) is 6.54 Å². The van der Waals surface area contributed by atoms with E-state index in [-0.39, 0.29) is 15.6 Å². The molecule has 158 valence electrons. The van der Waals surface area contributed by atoms with Gasteiger partial charge in [-0.05, 0) is 31.0 Å². The quantitative estimate of drug-likeness (QED) is 0.384. The summed E-state index contributed by atoms with van der Waals surface area (Å²) in [6.45, 7) is -0.465. The molecule has 1 fully saturated rings. The lowest BCUT2D eigenvalue weighted by atomic mass is 9.85. The second kappa shape index (κ2) is 8.65. The molecule has 2 aliphatic rings. The van der Waals surface area contributed by atoms with Crippen LogP contribution < -0.4 is 0 Å². The Morgan fingerprint density at radius 2 is 1.48 bits per heavy atom. The summed E-state index contributed by atoms with van der Waals surface area (Å²) in [5.74, 6) is -3.11. The van der Waals surface area contributed by atoms with Crippen molar-refractivity contribution in [2.45, 2.75) is 12.8 Å². The highest BCUT2D eigenvalue weighted by molar-refractivity contribution is 6.42. The summed E-state index contributed by atoms with van der Waals surface area (Å²) in [7, 11) is 0. The van der Waals surface area contributed by atoms with Crippen molar-refractivity contribution in [3.8, 4) is 0 Å². The topological polar surface area (TPSA) is 74.8 Å². The number of rotatable bonds is 5. The van der Waals surface area contributed by atoms with Crippen LogP contribution in [-0.2, 0) is 9.59 Å². The second-order valence-corrected chi connectivity index (χ2v) is 8.24. The number of carbonyl (C=O) groups is 4. The van der Waals surface area contributed by atoms with Gasteiger partial charge in [-0.1, -0.05) is 65.7 Å². The van der Waals surface area contributed by atoms with E-state index in [1.54, 1.807) is 30.3 Å². The molecule has 1 saturated heterocycles. The fraction of sp³-hybridized carbons (Fsp3) is 0.217. The van der Waals surface area contributed by atoms with Crippen LogP contribution in [0.4, 0.5) is 0 Å². The number of nitrogens with zero attached hydrogens (tertiary/aromatic N) is 2. The first-order valence-corrected chi connectivity index (χ1v) is 10.5. The van der Waals surface area contributed by atoms with Gasteiger partial charge >= 0.3 is 0 Å². The molecule has 6 nitrogen and oxygen atoms in total. The fourth-order valence-corrected chi connectivity index (χ4v) is 4.18. The molecule has 4 rings (SSSR count). The van der Waals surface area contributed by atoms with Gasteiger partial charge in [0.05, 0.1) is 21.9 Å². The molecule has 0 radical (unpaired) electrons. The number of imide groups is 1. The number of hydrazine groups is 1. The lowest BCUT2D eigenvalue weighted by Gasteiger charge is -2.30. The highest BCUT2D eigenvalue weighted by atomic mass is 35.5. The van der Waals surface area contributed by atoms with Crippen molar-refractivity contribution in [3.63, 3.8) is 0 Å². The maximum Gasteiger partial charge on any atom is 0.273 e. The van der Waals surface area contributed by atoms with Crippen molar-refractivity contribution < 1.29 is 19.2 Å². The van der Waals surface area contributed by atoms with Gasteiger partial charge in [0, 0.05) is 11.1 Å². The lowest BCUT2D eigenvalue weighted by Crippen LogP contribution is -2.52. The summed E-state index contributed by atoms with van der Waals surface area (Å²) in [5, 5.41) is 2.18. The van der Waals surface area contributed by atoms with E-state index in [1.807, 2.05) is 12.2 Å². The van der Waals surface area contributed by atoms with Gasteiger partial charge in [-0.15, -0.1) is 0 Å². The first-order valence-electron chi connectivity index (χ1n) is 9.76. The lowest BCUT2D eigenvalue weighted by molar-refractivity contribution is -0.154. The van der Waals surface area contributed by atoms with Crippen molar-refractivity contribution in [2.24, 2.45) is 11.8 Å². The number of fused-ring (bicyclic) bond motifs is 1. The van der Waals surface area contributed by atoms with Gasteiger partial charge in [0.15, 0.2) is 5.78 Å². The Hall–Kier alpha value is -2.96. The van der Waals surface area contributed by atoms with Gasteiger partial charge in [0.2, 0.25) is 0 Å². The molecule has 8 heteroatoms. The van der Waals surface area contributed by atoms with E-state index < -0.39 is 41.9 Å². The molecule has 2 aromatic carbocycles. The van der Waals surface area contributed by atoms with E-state index >= 15 is 0 Å². The van der Waals surface area contributed by atoms with Crippen LogP contribution in [0.15, 0.2) is 60.7 Å². The molecule has 2 aromatic rings. The van der Waals surface area contributed by atoms with Gasteiger partial charge in [0.1, 0.15) is 6.54 Å². The molecule has 3 amide bonds. The van der Waals surface area contributed by atoms with Crippen LogP contribution in [-0.4, -0.2) is 40.1 Å². The molecule has 1 aliphatic heterocycles. The van der Waals surface area contributed by atoms with E-state index in [0.717, 1.165) is 10.0 Å². The average Bonchev–Trinajstić information content (AvgIpc) is 3.04. The van der Waals surface area contributed by atoms with E-state index in [9.17, 15) is 19.2 Å². The summed E-state index contributed by atoms with van der Waals surface area (Å²) in [6.07, 6.45) is 4.56. The minimum absolute atomic E-state index is 0.115. The van der Waals surface area contributed by atoms with E-state index in [1.165, 1.54) is 18.2 Å². The van der Waals surface area contributed by atoms with Crippen LogP contribution in [0.25, 0.3) is 0 Å². The zero-order chi connectivity index (χ0) is 22.1. The summed E-state index contributed by atoms with van der Waals surface area (Å²) in [5.41, 5.74) is 0.483. The van der Waals surface area contributed by atoms with Crippen LogP contribution in [0.5, 0.6) is 0 Å². The number of halogens is 2. The fourth-order valence-electron chi connectivity index (χ4n) is 3.88. The van der Waals surface area contributed by atoms with E-state index in [0.29, 0.717) is 18.4 Å². The third-order valence-electron chi connectivity index (χ3n) is 5.52. The summed E-state index contributed by atoms with van der Waals surface area (Å²) < 4.78 is 0. The monoisotopic (exact) mass is 456 g/mol. The van der Waals surface area contributed by atoms with Crippen LogP contribution in [0.3, 0.4) is 0 Å². The Labute approximate surface area is 189 Å². The molecule has 2 atom stereocenters. The first kappa shape index (κ1) is 21.3. The van der Waals surface area contributed by atoms with Gasteiger partial charge in [-0.3, -0.25) is 19.2 Å². The number of allylic oxidation sites excluding steroid dienone is 2. The van der Waals surface area contributed by atoms with Gasteiger partial charge in [0.25, 0.3) is 17.7 Å². The minimum atomic E-state index is -0.684. The Morgan fingerprint density at radius 1 is 0.871 bits per heavy atom. The van der Waals surface area contributed by atoms with Gasteiger partial charge < -0.3 is 0 Å². The molecule has 0 saturated carbocycles. The molecular weight excluding hydrogens is 439 g/mol. The highest BCUT2D eigenvalue weighted by Crippen LogP contribution is 2.36. The third-order valence-corrected chi connectivity index (χ3v) is 6.25. The number of benzene rings is 2. The SMILES string of the molecule is O=C(CN(C(=O)c1ccc(Cl)c(Cl)c1)N1C(=O)[C@H]2CC=CC[C@H]2C1=O)c1ccccc1. The van der Waals surface area contributed by atoms with Crippen molar-refractivity contribution >= 4 is 46.7 Å². The minimum Gasteiger partial charge on any atom is -0.292 e. The van der Waals surface area contributed by atoms with Crippen LogP contribution in [0.2, 0.25) is 10.0 Å². The smallest absolute Gasteiger partial charge is 0.273 e. The maximum atomic E-state index is 13.4. The molecule has 1 heterocycles. The van der Waals surface area contributed by atoms with Crippen molar-refractivity contribution in [1.29, 1.82) is 0 Å². The number of ketones is 1. The summed E-state index contributed by atoms with van der Waals surface area (Å²) in [4.78, 5) is 52.4. The standard InChI is InChI=1S/C23H18Cl2N2O4/c24-18-11-10-15(12-19(18)25)21(29)26(13-20(28)14-6-2-1-3-7-14)27-22(30)16-8-4-5-9-17(16)23(27)31/h1-7,10-12,16-17H,8-9,13H2/t16-,17+. The molecule has 1 aliphatic carbocycles. The Bertz CT molecular complexity index is 1070. The van der Waals surface area contributed by atoms with Gasteiger partial charge in [-0.25, -0.2) is 5.01 Å². The Morgan fingerprint density at radius 3 is 2.06 bits per heavy atom. The highest BCUT2D eigenvalue weighted by Gasteiger charge is 2.51. The number of carbonyl (C=O) groups excluding carboxylic acids is 4. The van der Waals surface area contributed by atoms with Crippen LogP contribution >= 0.6 is 23.2 Å². The molecule has 0 unspecified atom stereocenters.